The van der Waals surface area contributed by atoms with Crippen LogP contribution in [0, 0.1) is 5.41 Å². The van der Waals surface area contributed by atoms with Gasteiger partial charge in [-0.1, -0.05) is 13.8 Å². The molecule has 0 aliphatic heterocycles. The Hall–Kier alpha value is -0.900. The topological polar surface area (TPSA) is 74.6 Å². The van der Waals surface area contributed by atoms with Gasteiger partial charge in [0.25, 0.3) is 0 Å². The summed E-state index contributed by atoms with van der Waals surface area (Å²) < 4.78 is 0. The summed E-state index contributed by atoms with van der Waals surface area (Å²) in [4.78, 5) is 21.5. The van der Waals surface area contributed by atoms with Crippen molar-refractivity contribution in [2.75, 3.05) is 6.61 Å². The summed E-state index contributed by atoms with van der Waals surface area (Å²) in [6.45, 7) is 3.59. The van der Waals surface area contributed by atoms with Gasteiger partial charge < -0.3 is 10.2 Å². The van der Waals surface area contributed by atoms with Crippen LogP contribution in [0.5, 0.6) is 0 Å². The molecule has 14 heavy (non-hydrogen) atoms. The fraction of sp³-hybridized carbons (Fsp3) is 0.800. The minimum Gasteiger partial charge on any atom is -0.481 e. The molecule has 82 valence electrons. The Bertz CT molecular complexity index is 208. The van der Waals surface area contributed by atoms with Crippen LogP contribution in [0.1, 0.15) is 39.5 Å². The Morgan fingerprint density at radius 3 is 2.21 bits per heavy atom. The Morgan fingerprint density at radius 2 is 1.79 bits per heavy atom. The Kier molecular flexibility index (Phi) is 5.38. The van der Waals surface area contributed by atoms with Gasteiger partial charge in [0.1, 0.15) is 5.78 Å². The van der Waals surface area contributed by atoms with Crippen molar-refractivity contribution in [3.05, 3.63) is 0 Å². The summed E-state index contributed by atoms with van der Waals surface area (Å²) >= 11 is 0. The quantitative estimate of drug-likeness (QED) is 0.651. The third kappa shape index (κ3) is 6.60. The van der Waals surface area contributed by atoms with Crippen LogP contribution in [-0.4, -0.2) is 28.6 Å². The Labute approximate surface area is 83.9 Å². The van der Waals surface area contributed by atoms with E-state index >= 15 is 0 Å². The number of carboxylic acids is 1. The highest BCUT2D eigenvalue weighted by Crippen LogP contribution is 2.20. The molecule has 0 radical (unpaired) electrons. The molecule has 0 rings (SSSR count). The first-order chi connectivity index (χ1) is 6.37. The average molecular weight is 202 g/mol. The number of hydrogen-bond acceptors (Lipinski definition) is 3. The van der Waals surface area contributed by atoms with Crippen LogP contribution in [0.2, 0.25) is 0 Å². The van der Waals surface area contributed by atoms with Crippen molar-refractivity contribution in [2.45, 2.75) is 39.5 Å². The number of ketones is 1. The normalized spacial score (nSPS) is 11.4. The first kappa shape index (κ1) is 13.1. The summed E-state index contributed by atoms with van der Waals surface area (Å²) in [6.07, 6.45) is 1.01. The van der Waals surface area contributed by atoms with Crippen molar-refractivity contribution in [1.29, 1.82) is 0 Å². The summed E-state index contributed by atoms with van der Waals surface area (Å²) in [7, 11) is 0. The van der Waals surface area contributed by atoms with Crippen LogP contribution in [0.15, 0.2) is 0 Å². The standard InChI is InChI=1S/C10H18O4/c1-10(2,7-11)6-8(12)4-3-5-9(13)14/h11H,3-7H2,1-2H3,(H,13,14). The number of aliphatic hydroxyl groups excluding tert-OH is 1. The van der Waals surface area contributed by atoms with Crippen LogP contribution >= 0.6 is 0 Å². The zero-order valence-corrected chi connectivity index (χ0v) is 8.75. The minimum atomic E-state index is -0.876. The second-order valence-corrected chi connectivity index (χ2v) is 4.29. The first-order valence-electron chi connectivity index (χ1n) is 4.72. The van der Waals surface area contributed by atoms with E-state index in [9.17, 15) is 9.59 Å². The molecule has 0 unspecified atom stereocenters. The fourth-order valence-corrected chi connectivity index (χ4v) is 1.11. The van der Waals surface area contributed by atoms with Gasteiger partial charge in [-0.05, 0) is 11.8 Å². The predicted molar refractivity (Wildman–Crippen MR) is 52.0 cm³/mol. The number of hydrogen-bond donors (Lipinski definition) is 2. The van der Waals surface area contributed by atoms with Gasteiger partial charge in [-0.2, -0.15) is 0 Å². The molecule has 0 saturated carbocycles. The largest absolute Gasteiger partial charge is 0.481 e. The van der Waals surface area contributed by atoms with Crippen LogP contribution in [0.3, 0.4) is 0 Å². The highest BCUT2D eigenvalue weighted by Gasteiger charge is 2.20. The van der Waals surface area contributed by atoms with Gasteiger partial charge in [-0.25, -0.2) is 0 Å². The molecule has 0 aromatic carbocycles. The van der Waals surface area contributed by atoms with Crippen LogP contribution in [0.4, 0.5) is 0 Å². The zero-order valence-electron chi connectivity index (χ0n) is 8.75. The number of aliphatic hydroxyl groups is 1. The average Bonchev–Trinajstić information content (AvgIpc) is 2.02. The highest BCUT2D eigenvalue weighted by molar-refractivity contribution is 5.79. The molecule has 0 aliphatic rings. The molecule has 0 spiro atoms. The third-order valence-electron chi connectivity index (χ3n) is 1.95. The third-order valence-corrected chi connectivity index (χ3v) is 1.95. The lowest BCUT2D eigenvalue weighted by molar-refractivity contribution is -0.137. The second kappa shape index (κ2) is 5.75. The molecule has 0 aromatic rings. The van der Waals surface area contributed by atoms with E-state index < -0.39 is 5.97 Å². The van der Waals surface area contributed by atoms with Crippen molar-refractivity contribution in [3.8, 4) is 0 Å². The highest BCUT2D eigenvalue weighted by atomic mass is 16.4. The molecule has 0 saturated heterocycles. The number of carbonyl (C=O) groups excluding carboxylic acids is 1. The van der Waals surface area contributed by atoms with Gasteiger partial charge in [0.15, 0.2) is 0 Å². The molecule has 0 aliphatic carbocycles. The van der Waals surface area contributed by atoms with Gasteiger partial charge in [-0.3, -0.25) is 9.59 Å². The number of rotatable bonds is 7. The number of Topliss-reactive ketones (excluding diaryl/α,β-unsaturated/α-hetero) is 1. The van der Waals surface area contributed by atoms with E-state index in [1.807, 2.05) is 13.8 Å². The van der Waals surface area contributed by atoms with Gasteiger partial charge in [0, 0.05) is 25.9 Å². The number of carboxylic acid groups (broad SMARTS) is 1. The molecule has 0 atom stereocenters. The van der Waals surface area contributed by atoms with Gasteiger partial charge in [-0.15, -0.1) is 0 Å². The van der Waals surface area contributed by atoms with E-state index in [-0.39, 0.29) is 30.6 Å². The Morgan fingerprint density at radius 1 is 1.21 bits per heavy atom. The van der Waals surface area contributed by atoms with Gasteiger partial charge in [0.05, 0.1) is 0 Å². The second-order valence-electron chi connectivity index (χ2n) is 4.29. The predicted octanol–water partition coefficient (Wildman–Crippen LogP) is 1.22. The smallest absolute Gasteiger partial charge is 0.303 e. The van der Waals surface area contributed by atoms with E-state index in [0.717, 1.165) is 0 Å². The maximum atomic E-state index is 11.3. The summed E-state index contributed by atoms with van der Waals surface area (Å²) in [5, 5.41) is 17.3. The van der Waals surface area contributed by atoms with Crippen molar-refractivity contribution in [2.24, 2.45) is 5.41 Å². The maximum Gasteiger partial charge on any atom is 0.303 e. The maximum absolute atomic E-state index is 11.3. The molecular formula is C10H18O4. The van der Waals surface area contributed by atoms with E-state index in [1.54, 1.807) is 0 Å². The summed E-state index contributed by atoms with van der Waals surface area (Å²) in [5.41, 5.74) is -0.389. The van der Waals surface area contributed by atoms with Crippen LogP contribution < -0.4 is 0 Å². The van der Waals surface area contributed by atoms with Crippen LogP contribution in [0.25, 0.3) is 0 Å². The van der Waals surface area contributed by atoms with E-state index in [0.29, 0.717) is 12.8 Å². The summed E-state index contributed by atoms with van der Waals surface area (Å²) in [6, 6.07) is 0. The Balaban J connectivity index is 3.71. The van der Waals surface area contributed by atoms with Crippen molar-refractivity contribution in [1.82, 2.24) is 0 Å². The zero-order chi connectivity index (χ0) is 11.2. The van der Waals surface area contributed by atoms with Crippen molar-refractivity contribution in [3.63, 3.8) is 0 Å². The van der Waals surface area contributed by atoms with E-state index in [2.05, 4.69) is 0 Å². The molecule has 0 bridgehead atoms. The lowest BCUT2D eigenvalue weighted by atomic mass is 9.87. The van der Waals surface area contributed by atoms with E-state index in [1.165, 1.54) is 0 Å². The molecule has 0 aromatic heterocycles. The fourth-order valence-electron chi connectivity index (χ4n) is 1.11. The first-order valence-corrected chi connectivity index (χ1v) is 4.72. The lowest BCUT2D eigenvalue weighted by Crippen LogP contribution is -2.21. The SMILES string of the molecule is CC(C)(CO)CC(=O)CCCC(=O)O. The molecular weight excluding hydrogens is 184 g/mol. The molecule has 0 heterocycles. The lowest BCUT2D eigenvalue weighted by Gasteiger charge is -2.19. The monoisotopic (exact) mass is 202 g/mol. The van der Waals surface area contributed by atoms with Crippen LogP contribution in [-0.2, 0) is 9.59 Å². The number of carbonyl (C=O) groups is 2. The van der Waals surface area contributed by atoms with Gasteiger partial charge >= 0.3 is 5.97 Å². The molecule has 4 nitrogen and oxygen atoms in total. The van der Waals surface area contributed by atoms with Gasteiger partial charge in [0.2, 0.25) is 0 Å². The molecule has 2 N–H and O–H groups in total. The molecule has 0 fully saturated rings. The molecule has 0 amide bonds. The minimum absolute atomic E-state index is 0.0188. The van der Waals surface area contributed by atoms with E-state index in [4.69, 9.17) is 10.2 Å². The summed E-state index contributed by atoms with van der Waals surface area (Å²) in [5.74, 6) is -0.857. The van der Waals surface area contributed by atoms with Crippen molar-refractivity contribution < 1.29 is 19.8 Å². The number of aliphatic carboxylic acids is 1. The molecule has 4 heteroatoms. The van der Waals surface area contributed by atoms with Crippen molar-refractivity contribution >= 4 is 11.8 Å².